The molecule has 9 heteroatoms. The lowest BCUT2D eigenvalue weighted by atomic mass is 10.1. The maximum atomic E-state index is 12.9. The number of hydrogen-bond donors (Lipinski definition) is 0. The number of halogens is 1. The second-order valence-corrected chi connectivity index (χ2v) is 8.85. The summed E-state index contributed by atoms with van der Waals surface area (Å²) in [4.78, 5) is 31.6. The van der Waals surface area contributed by atoms with Gasteiger partial charge in [-0.25, -0.2) is 17.9 Å². The Hall–Kier alpha value is -2.00. The van der Waals surface area contributed by atoms with E-state index in [1.54, 1.807) is 17.0 Å². The molecule has 1 aromatic carbocycles. The van der Waals surface area contributed by atoms with Crippen molar-refractivity contribution >= 4 is 21.7 Å². The molecule has 7 nitrogen and oxygen atoms in total. The number of hydroxylamine groups is 2. The summed E-state index contributed by atoms with van der Waals surface area (Å²) >= 11 is 0. The molecule has 0 N–H and O–H groups in total. The third-order valence-corrected chi connectivity index (χ3v) is 6.23. The monoisotopic (exact) mass is 384 g/mol. The summed E-state index contributed by atoms with van der Waals surface area (Å²) in [6.07, 6.45) is 0.667. The number of carbonyl (C=O) groups is 2. The minimum atomic E-state index is -3.20. The maximum Gasteiger partial charge on any atom is 0.251 e. The van der Waals surface area contributed by atoms with Gasteiger partial charge in [-0.05, 0) is 24.1 Å². The zero-order chi connectivity index (χ0) is 18.7. The Morgan fingerprint density at radius 1 is 1.23 bits per heavy atom. The van der Waals surface area contributed by atoms with E-state index in [-0.39, 0.29) is 55.3 Å². The predicted octanol–water partition coefficient (Wildman–Crippen LogP) is 0.405. The van der Waals surface area contributed by atoms with Gasteiger partial charge < -0.3 is 4.90 Å². The van der Waals surface area contributed by atoms with Gasteiger partial charge in [0.1, 0.15) is 5.82 Å². The molecule has 142 valence electrons. The van der Waals surface area contributed by atoms with Crippen LogP contribution in [0.15, 0.2) is 24.3 Å². The number of sulfone groups is 1. The predicted molar refractivity (Wildman–Crippen MR) is 91.1 cm³/mol. The number of benzene rings is 1. The third kappa shape index (κ3) is 4.59. The molecular formula is C17H21FN2O5S. The highest BCUT2D eigenvalue weighted by atomic mass is 32.2. The SMILES string of the molecule is O=C1CC(C(=O)N2CCS(=O)(=O)CCO2)CN1CCc1ccc(F)cc1. The topological polar surface area (TPSA) is 84.0 Å². The van der Waals surface area contributed by atoms with E-state index < -0.39 is 15.8 Å². The van der Waals surface area contributed by atoms with Gasteiger partial charge in [0, 0.05) is 19.5 Å². The van der Waals surface area contributed by atoms with Crippen LogP contribution in [0.25, 0.3) is 0 Å². The van der Waals surface area contributed by atoms with Crippen LogP contribution >= 0.6 is 0 Å². The van der Waals surface area contributed by atoms with E-state index in [0.717, 1.165) is 10.6 Å². The molecule has 2 heterocycles. The third-order valence-electron chi connectivity index (χ3n) is 4.64. The van der Waals surface area contributed by atoms with Crippen molar-refractivity contribution in [2.75, 3.05) is 37.7 Å². The average molecular weight is 384 g/mol. The molecule has 2 saturated heterocycles. The van der Waals surface area contributed by atoms with Crippen molar-refractivity contribution in [1.82, 2.24) is 9.96 Å². The summed E-state index contributed by atoms with van der Waals surface area (Å²) in [7, 11) is -3.20. The lowest BCUT2D eigenvalue weighted by Gasteiger charge is -2.22. The molecule has 0 spiro atoms. The Morgan fingerprint density at radius 3 is 2.69 bits per heavy atom. The van der Waals surface area contributed by atoms with Crippen LogP contribution < -0.4 is 0 Å². The molecule has 1 atom stereocenters. The normalized spacial score (nSPS) is 23.1. The first kappa shape index (κ1) is 18.8. The van der Waals surface area contributed by atoms with E-state index >= 15 is 0 Å². The largest absolute Gasteiger partial charge is 0.342 e. The van der Waals surface area contributed by atoms with Crippen LogP contribution in [0.4, 0.5) is 4.39 Å². The molecule has 0 bridgehead atoms. The van der Waals surface area contributed by atoms with Crippen molar-refractivity contribution in [2.45, 2.75) is 12.8 Å². The molecule has 3 rings (SSSR count). The van der Waals surface area contributed by atoms with Crippen LogP contribution in [0.3, 0.4) is 0 Å². The number of amides is 2. The van der Waals surface area contributed by atoms with Gasteiger partial charge in [0.25, 0.3) is 5.91 Å². The summed E-state index contributed by atoms with van der Waals surface area (Å²) in [6.45, 7) is 0.666. The van der Waals surface area contributed by atoms with Gasteiger partial charge in [0.2, 0.25) is 5.91 Å². The number of rotatable bonds is 4. The van der Waals surface area contributed by atoms with Crippen LogP contribution in [0.2, 0.25) is 0 Å². The first-order valence-corrected chi connectivity index (χ1v) is 10.3. The highest BCUT2D eigenvalue weighted by molar-refractivity contribution is 7.91. The van der Waals surface area contributed by atoms with E-state index in [9.17, 15) is 22.4 Å². The molecule has 0 saturated carbocycles. The van der Waals surface area contributed by atoms with Gasteiger partial charge in [-0.3, -0.25) is 14.4 Å². The Labute approximate surface area is 151 Å². The molecule has 0 aliphatic carbocycles. The van der Waals surface area contributed by atoms with Crippen molar-refractivity contribution in [3.05, 3.63) is 35.6 Å². The summed E-state index contributed by atoms with van der Waals surface area (Å²) < 4.78 is 36.1. The summed E-state index contributed by atoms with van der Waals surface area (Å²) in [5.41, 5.74) is 0.912. The number of likely N-dealkylation sites (tertiary alicyclic amines) is 1. The quantitative estimate of drug-likeness (QED) is 0.751. The molecule has 26 heavy (non-hydrogen) atoms. The fourth-order valence-corrected chi connectivity index (χ4v) is 4.09. The second kappa shape index (κ2) is 7.71. The molecule has 0 aromatic heterocycles. The van der Waals surface area contributed by atoms with Gasteiger partial charge in [-0.1, -0.05) is 12.1 Å². The number of hydrogen-bond acceptors (Lipinski definition) is 5. The van der Waals surface area contributed by atoms with Crippen molar-refractivity contribution < 1.29 is 27.2 Å². The van der Waals surface area contributed by atoms with E-state index in [1.165, 1.54) is 12.1 Å². The standard InChI is InChI=1S/C17H21FN2O5S/c18-15-3-1-13(2-4-15)5-6-19-12-14(11-16(19)21)17(22)20-7-9-26(23,24)10-8-25-20/h1-4,14H,5-12H2. The van der Waals surface area contributed by atoms with Crippen molar-refractivity contribution in [3.8, 4) is 0 Å². The molecule has 2 aliphatic heterocycles. The van der Waals surface area contributed by atoms with Crippen molar-refractivity contribution in [1.29, 1.82) is 0 Å². The van der Waals surface area contributed by atoms with Crippen LogP contribution in [0.1, 0.15) is 12.0 Å². The average Bonchev–Trinajstić information content (AvgIpc) is 2.87. The summed E-state index contributed by atoms with van der Waals surface area (Å²) in [6, 6.07) is 6.09. The molecule has 1 aromatic rings. The first-order chi connectivity index (χ1) is 12.3. The Bertz CT molecular complexity index is 781. The van der Waals surface area contributed by atoms with Crippen molar-refractivity contribution in [2.24, 2.45) is 5.92 Å². The highest BCUT2D eigenvalue weighted by Gasteiger charge is 2.37. The number of carbonyl (C=O) groups excluding carboxylic acids is 2. The van der Waals surface area contributed by atoms with Crippen LogP contribution in [-0.2, 0) is 30.7 Å². The first-order valence-electron chi connectivity index (χ1n) is 8.51. The minimum absolute atomic E-state index is 0.0125. The van der Waals surface area contributed by atoms with E-state index in [4.69, 9.17) is 4.84 Å². The zero-order valence-corrected chi connectivity index (χ0v) is 15.1. The van der Waals surface area contributed by atoms with Gasteiger partial charge >= 0.3 is 0 Å². The maximum absolute atomic E-state index is 12.9. The van der Waals surface area contributed by atoms with Gasteiger partial charge in [-0.15, -0.1) is 0 Å². The minimum Gasteiger partial charge on any atom is -0.342 e. The van der Waals surface area contributed by atoms with E-state index in [0.29, 0.717) is 13.0 Å². The second-order valence-electron chi connectivity index (χ2n) is 6.54. The lowest BCUT2D eigenvalue weighted by molar-refractivity contribution is -0.186. The van der Waals surface area contributed by atoms with Crippen LogP contribution in [0, 0.1) is 11.7 Å². The van der Waals surface area contributed by atoms with Crippen LogP contribution in [-0.4, -0.2) is 67.9 Å². The number of nitrogens with zero attached hydrogens (tertiary/aromatic N) is 2. The van der Waals surface area contributed by atoms with Crippen molar-refractivity contribution in [3.63, 3.8) is 0 Å². The van der Waals surface area contributed by atoms with Gasteiger partial charge in [0.15, 0.2) is 9.84 Å². The highest BCUT2D eigenvalue weighted by Crippen LogP contribution is 2.21. The molecule has 2 fully saturated rings. The molecule has 2 amide bonds. The molecular weight excluding hydrogens is 363 g/mol. The van der Waals surface area contributed by atoms with E-state index in [1.807, 2.05) is 0 Å². The molecule has 0 radical (unpaired) electrons. The molecule has 1 unspecified atom stereocenters. The van der Waals surface area contributed by atoms with Crippen LogP contribution in [0.5, 0.6) is 0 Å². The Morgan fingerprint density at radius 2 is 1.96 bits per heavy atom. The molecule has 2 aliphatic rings. The van der Waals surface area contributed by atoms with E-state index in [2.05, 4.69) is 0 Å². The smallest absolute Gasteiger partial charge is 0.251 e. The Kier molecular flexibility index (Phi) is 5.57. The summed E-state index contributed by atoms with van der Waals surface area (Å²) in [5, 5.41) is 1.09. The van der Waals surface area contributed by atoms with Gasteiger partial charge in [0.05, 0.1) is 30.6 Å². The summed E-state index contributed by atoms with van der Waals surface area (Å²) in [5.74, 6) is -1.54. The fourth-order valence-electron chi connectivity index (χ4n) is 3.11. The van der Waals surface area contributed by atoms with Gasteiger partial charge in [-0.2, -0.15) is 0 Å². The lowest BCUT2D eigenvalue weighted by Crippen LogP contribution is -2.38. The zero-order valence-electron chi connectivity index (χ0n) is 14.3. The fraction of sp³-hybridized carbons (Fsp3) is 0.529. The Balaban J connectivity index is 1.55.